The van der Waals surface area contributed by atoms with E-state index < -0.39 is 11.0 Å². The first kappa shape index (κ1) is 14.8. The predicted molar refractivity (Wildman–Crippen MR) is 92.8 cm³/mol. The summed E-state index contributed by atoms with van der Waals surface area (Å²) in [5.74, 6) is 1.60. The van der Waals surface area contributed by atoms with E-state index in [9.17, 15) is 10.2 Å². The first-order chi connectivity index (χ1) is 12.0. The maximum Gasteiger partial charge on any atom is 0.165 e. The number of hydrogen-bond acceptors (Lipinski definition) is 5. The zero-order valence-electron chi connectivity index (χ0n) is 14.4. The highest BCUT2D eigenvalue weighted by Crippen LogP contribution is 2.65. The molecule has 0 aromatic heterocycles. The van der Waals surface area contributed by atoms with Gasteiger partial charge in [-0.05, 0) is 62.6 Å². The van der Waals surface area contributed by atoms with Crippen LogP contribution in [0, 0.1) is 5.92 Å². The Morgan fingerprint density at radius 3 is 2.88 bits per heavy atom. The Kier molecular flexibility index (Phi) is 2.67. The number of aromatic hydroxyl groups is 1. The molecule has 3 unspecified atom stereocenters. The van der Waals surface area contributed by atoms with E-state index in [0.717, 1.165) is 50.3 Å². The van der Waals surface area contributed by atoms with Gasteiger partial charge >= 0.3 is 0 Å². The molecule has 4 N–H and O–H groups in total. The Morgan fingerprint density at radius 2 is 2.08 bits per heavy atom. The van der Waals surface area contributed by atoms with Crippen molar-refractivity contribution >= 4 is 0 Å². The predicted octanol–water partition coefficient (Wildman–Crippen LogP) is 1.28. The van der Waals surface area contributed by atoms with Crippen molar-refractivity contribution in [1.29, 1.82) is 0 Å². The van der Waals surface area contributed by atoms with Gasteiger partial charge < -0.3 is 20.7 Å². The highest BCUT2D eigenvalue weighted by atomic mass is 16.5. The maximum atomic E-state index is 12.1. The third-order valence-corrected chi connectivity index (χ3v) is 7.81. The van der Waals surface area contributed by atoms with Gasteiger partial charge in [0.05, 0.1) is 11.0 Å². The van der Waals surface area contributed by atoms with Crippen LogP contribution >= 0.6 is 0 Å². The van der Waals surface area contributed by atoms with Gasteiger partial charge in [0.15, 0.2) is 11.5 Å². The van der Waals surface area contributed by atoms with Gasteiger partial charge in [0.25, 0.3) is 0 Å². The Bertz CT molecular complexity index is 764. The minimum atomic E-state index is -0.799. The summed E-state index contributed by atoms with van der Waals surface area (Å²) in [6.45, 7) is 2.10. The van der Waals surface area contributed by atoms with Gasteiger partial charge in [-0.2, -0.15) is 0 Å². The average molecular weight is 342 g/mol. The molecule has 0 amide bonds. The van der Waals surface area contributed by atoms with E-state index in [1.165, 1.54) is 18.4 Å². The topological polar surface area (TPSA) is 79.0 Å². The summed E-state index contributed by atoms with van der Waals surface area (Å²) in [7, 11) is 0. The Balaban J connectivity index is 1.57. The minimum Gasteiger partial charge on any atom is -0.504 e. The third-order valence-electron chi connectivity index (χ3n) is 7.81. The first-order valence-electron chi connectivity index (χ1n) is 9.78. The van der Waals surface area contributed by atoms with E-state index in [1.807, 2.05) is 6.07 Å². The van der Waals surface area contributed by atoms with E-state index in [1.54, 1.807) is 6.07 Å². The van der Waals surface area contributed by atoms with E-state index >= 15 is 0 Å². The molecule has 25 heavy (non-hydrogen) atoms. The molecule has 1 saturated heterocycles. The van der Waals surface area contributed by atoms with Crippen molar-refractivity contribution in [1.82, 2.24) is 4.90 Å². The van der Waals surface area contributed by atoms with Crippen LogP contribution in [0.3, 0.4) is 0 Å². The summed E-state index contributed by atoms with van der Waals surface area (Å²) in [5.41, 5.74) is 7.53. The van der Waals surface area contributed by atoms with Gasteiger partial charge in [0, 0.05) is 24.2 Å². The molecule has 5 heteroatoms. The fourth-order valence-electron chi connectivity index (χ4n) is 6.52. The number of hydrogen-bond donors (Lipinski definition) is 3. The number of rotatable bonds is 2. The fourth-order valence-corrected chi connectivity index (χ4v) is 6.52. The third kappa shape index (κ3) is 1.61. The number of nitrogens with zero attached hydrogens (tertiary/aromatic N) is 1. The number of nitrogens with two attached hydrogens (primary N) is 1. The smallest absolute Gasteiger partial charge is 0.165 e. The van der Waals surface area contributed by atoms with E-state index in [4.69, 9.17) is 10.5 Å². The molecule has 2 saturated carbocycles. The molecule has 2 heterocycles. The number of piperidine rings is 1. The fraction of sp³-hybridized carbons (Fsp3) is 0.700. The Morgan fingerprint density at radius 1 is 1.24 bits per heavy atom. The zero-order chi connectivity index (χ0) is 17.0. The van der Waals surface area contributed by atoms with Crippen LogP contribution in [0.15, 0.2) is 12.1 Å². The quantitative estimate of drug-likeness (QED) is 0.755. The zero-order valence-corrected chi connectivity index (χ0v) is 14.4. The second-order valence-corrected chi connectivity index (χ2v) is 8.99. The Labute approximate surface area is 147 Å². The van der Waals surface area contributed by atoms with Crippen molar-refractivity contribution in [2.75, 3.05) is 13.1 Å². The van der Waals surface area contributed by atoms with Crippen LogP contribution in [0.4, 0.5) is 0 Å². The lowest BCUT2D eigenvalue weighted by atomic mass is 9.48. The van der Waals surface area contributed by atoms with Gasteiger partial charge in [-0.3, -0.25) is 4.90 Å². The number of phenols is 1. The van der Waals surface area contributed by atoms with E-state index in [0.29, 0.717) is 5.75 Å². The largest absolute Gasteiger partial charge is 0.504 e. The molecule has 2 bridgehead atoms. The molecular formula is C20H26N2O3. The number of aliphatic hydroxyl groups is 1. The molecule has 2 aliphatic heterocycles. The van der Waals surface area contributed by atoms with Gasteiger partial charge in [-0.1, -0.05) is 6.07 Å². The molecule has 134 valence electrons. The molecule has 5 atom stereocenters. The summed E-state index contributed by atoms with van der Waals surface area (Å²) in [4.78, 5) is 2.55. The maximum absolute atomic E-state index is 12.1. The number of benzene rings is 1. The van der Waals surface area contributed by atoms with Crippen molar-refractivity contribution in [2.24, 2.45) is 11.7 Å². The second kappa shape index (κ2) is 4.51. The van der Waals surface area contributed by atoms with Gasteiger partial charge in [0.1, 0.15) is 6.10 Å². The molecule has 1 aromatic rings. The van der Waals surface area contributed by atoms with Crippen LogP contribution in [-0.4, -0.2) is 52.0 Å². The first-order valence-corrected chi connectivity index (χ1v) is 9.78. The van der Waals surface area contributed by atoms with Crippen molar-refractivity contribution in [3.8, 4) is 11.5 Å². The summed E-state index contributed by atoms with van der Waals surface area (Å²) in [5, 5.41) is 22.5. The van der Waals surface area contributed by atoms with Gasteiger partial charge in [-0.15, -0.1) is 0 Å². The molecule has 5 nitrogen and oxygen atoms in total. The molecule has 3 aliphatic carbocycles. The van der Waals surface area contributed by atoms with Crippen LogP contribution in [0.25, 0.3) is 0 Å². The summed E-state index contributed by atoms with van der Waals surface area (Å²) in [6.07, 6.45) is 5.66. The van der Waals surface area contributed by atoms with Crippen LogP contribution in [0.5, 0.6) is 11.5 Å². The molecule has 5 aliphatic rings. The monoisotopic (exact) mass is 342 g/mol. The van der Waals surface area contributed by atoms with Crippen LogP contribution in [-0.2, 0) is 11.8 Å². The molecule has 3 fully saturated rings. The summed E-state index contributed by atoms with van der Waals surface area (Å²) >= 11 is 0. The normalized spacial score (nSPS) is 44.3. The van der Waals surface area contributed by atoms with Crippen LogP contribution in [0.2, 0.25) is 0 Å². The van der Waals surface area contributed by atoms with Crippen LogP contribution < -0.4 is 10.5 Å². The van der Waals surface area contributed by atoms with E-state index in [2.05, 4.69) is 4.90 Å². The van der Waals surface area contributed by atoms with Crippen molar-refractivity contribution in [3.63, 3.8) is 0 Å². The highest BCUT2D eigenvalue weighted by Gasteiger charge is 2.72. The molecule has 1 aromatic carbocycles. The Hall–Kier alpha value is -1.30. The number of ether oxygens (including phenoxy) is 1. The lowest BCUT2D eigenvalue weighted by Gasteiger charge is -2.64. The second-order valence-electron chi connectivity index (χ2n) is 8.99. The SMILES string of the molecule is N[C@@H]1CC[C@@]2(O)C3Cc4ccc(O)c5c4C2(CCN3CC2CC2)C1O5. The van der Waals surface area contributed by atoms with Gasteiger partial charge in [-0.25, -0.2) is 0 Å². The molecule has 1 spiro atoms. The lowest BCUT2D eigenvalue weighted by Crippen LogP contribution is -2.77. The number of likely N-dealkylation sites (tertiary alicyclic amines) is 1. The van der Waals surface area contributed by atoms with Crippen LogP contribution in [0.1, 0.15) is 43.2 Å². The molecule has 6 rings (SSSR count). The highest BCUT2D eigenvalue weighted by molar-refractivity contribution is 5.62. The molecule has 0 radical (unpaired) electrons. The minimum absolute atomic E-state index is 0.0892. The lowest BCUT2D eigenvalue weighted by molar-refractivity contribution is -0.189. The van der Waals surface area contributed by atoms with Crippen molar-refractivity contribution in [3.05, 3.63) is 23.3 Å². The summed E-state index contributed by atoms with van der Waals surface area (Å²) in [6, 6.07) is 3.84. The van der Waals surface area contributed by atoms with Gasteiger partial charge in [0.2, 0.25) is 0 Å². The van der Waals surface area contributed by atoms with Crippen molar-refractivity contribution in [2.45, 2.75) is 67.7 Å². The standard InChI is InChI=1S/C20H26N2O3/c21-13-5-6-20(24)15-9-12-3-4-14(23)17-16(12)19(20,18(13)25-17)7-8-22(15)10-11-1-2-11/h3-4,11,13,15,18,23-24H,1-2,5-10,21H2/t13-,15?,18?,19?,20-/m1/s1. The average Bonchev–Trinajstić information content (AvgIpc) is 3.32. The number of phenolic OH excluding ortho intramolecular Hbond substituents is 1. The molecular weight excluding hydrogens is 316 g/mol. The summed E-state index contributed by atoms with van der Waals surface area (Å²) < 4.78 is 6.26. The van der Waals surface area contributed by atoms with E-state index in [-0.39, 0.29) is 23.9 Å². The van der Waals surface area contributed by atoms with Crippen molar-refractivity contribution < 1.29 is 14.9 Å².